The van der Waals surface area contributed by atoms with Gasteiger partial charge in [-0.15, -0.1) is 0 Å². The van der Waals surface area contributed by atoms with E-state index in [1.165, 1.54) is 4.31 Å². The predicted molar refractivity (Wildman–Crippen MR) is 74.1 cm³/mol. The summed E-state index contributed by atoms with van der Waals surface area (Å²) in [4.78, 5) is 0.398. The largest absolute Gasteiger partial charge is 0.318 e. The molecule has 0 saturated carbocycles. The molecule has 4 nitrogen and oxygen atoms in total. The number of likely N-dealkylation sites (N-methyl/N-ethyl adjacent to an activating group) is 1. The van der Waals surface area contributed by atoms with E-state index in [0.717, 1.165) is 5.56 Å². The van der Waals surface area contributed by atoms with Gasteiger partial charge < -0.3 is 5.32 Å². The molecule has 0 fully saturated rings. The molecule has 0 bridgehead atoms. The summed E-state index contributed by atoms with van der Waals surface area (Å²) in [6.45, 7) is 6.73. The summed E-state index contributed by atoms with van der Waals surface area (Å²) in [7, 11) is -1.59. The van der Waals surface area contributed by atoms with Crippen LogP contribution in [0.2, 0.25) is 0 Å². The van der Waals surface area contributed by atoms with Crippen LogP contribution in [-0.2, 0) is 10.0 Å². The van der Waals surface area contributed by atoms with Gasteiger partial charge in [0.2, 0.25) is 10.0 Å². The first kappa shape index (κ1) is 15.1. The highest BCUT2D eigenvalue weighted by Gasteiger charge is 2.27. The van der Waals surface area contributed by atoms with Crippen molar-refractivity contribution in [3.63, 3.8) is 0 Å². The summed E-state index contributed by atoms with van der Waals surface area (Å²) in [5.41, 5.74) is 0.785. The first-order valence-electron chi connectivity index (χ1n) is 6.13. The van der Waals surface area contributed by atoms with E-state index in [1.807, 2.05) is 40.0 Å². The molecule has 0 aliphatic rings. The van der Waals surface area contributed by atoms with E-state index >= 15 is 0 Å². The van der Waals surface area contributed by atoms with E-state index in [2.05, 4.69) is 5.32 Å². The lowest BCUT2D eigenvalue weighted by molar-refractivity contribution is 0.354. The van der Waals surface area contributed by atoms with Crippen molar-refractivity contribution in [3.05, 3.63) is 29.8 Å². The maximum Gasteiger partial charge on any atom is 0.243 e. The minimum Gasteiger partial charge on any atom is -0.318 e. The van der Waals surface area contributed by atoms with Gasteiger partial charge >= 0.3 is 0 Å². The summed E-state index contributed by atoms with van der Waals surface area (Å²) >= 11 is 0. The van der Waals surface area contributed by atoms with Crippen LogP contribution in [0.1, 0.15) is 19.4 Å². The summed E-state index contributed by atoms with van der Waals surface area (Å²) in [6.07, 6.45) is 0. The van der Waals surface area contributed by atoms with E-state index < -0.39 is 10.0 Å². The van der Waals surface area contributed by atoms with Crippen molar-refractivity contribution < 1.29 is 8.42 Å². The zero-order valence-corrected chi connectivity index (χ0v) is 12.3. The number of sulfonamides is 1. The quantitative estimate of drug-likeness (QED) is 0.854. The van der Waals surface area contributed by atoms with Crippen molar-refractivity contribution in [1.29, 1.82) is 0 Å². The maximum atomic E-state index is 12.6. The van der Waals surface area contributed by atoms with Crippen LogP contribution >= 0.6 is 0 Å². The molecule has 18 heavy (non-hydrogen) atoms. The van der Waals surface area contributed by atoms with Gasteiger partial charge in [-0.1, -0.05) is 18.2 Å². The van der Waals surface area contributed by atoms with E-state index in [-0.39, 0.29) is 6.04 Å². The fourth-order valence-corrected chi connectivity index (χ4v) is 3.71. The Morgan fingerprint density at radius 3 is 2.39 bits per heavy atom. The monoisotopic (exact) mass is 270 g/mol. The molecule has 0 unspecified atom stereocenters. The van der Waals surface area contributed by atoms with Crippen molar-refractivity contribution in [2.24, 2.45) is 0 Å². The molecule has 0 amide bonds. The Labute approximate surface area is 110 Å². The van der Waals surface area contributed by atoms with Crippen LogP contribution in [0.25, 0.3) is 0 Å². The summed E-state index contributed by atoms with van der Waals surface area (Å²) in [6, 6.07) is 7.05. The van der Waals surface area contributed by atoms with Crippen molar-refractivity contribution in [3.8, 4) is 0 Å². The Hall–Kier alpha value is -0.910. The van der Waals surface area contributed by atoms with Crippen molar-refractivity contribution in [1.82, 2.24) is 9.62 Å². The third kappa shape index (κ3) is 3.31. The topological polar surface area (TPSA) is 49.4 Å². The van der Waals surface area contributed by atoms with E-state index in [9.17, 15) is 8.42 Å². The Bertz CT molecular complexity index is 484. The minimum absolute atomic E-state index is 0.0528. The number of nitrogens with zero attached hydrogens (tertiary/aromatic N) is 1. The Kier molecular flexibility index (Phi) is 5.31. The van der Waals surface area contributed by atoms with E-state index in [0.29, 0.717) is 18.0 Å². The smallest absolute Gasteiger partial charge is 0.243 e. The van der Waals surface area contributed by atoms with Crippen LogP contribution in [0, 0.1) is 6.92 Å². The van der Waals surface area contributed by atoms with Gasteiger partial charge in [0.05, 0.1) is 4.90 Å². The van der Waals surface area contributed by atoms with Gasteiger partial charge in [0.1, 0.15) is 0 Å². The highest BCUT2D eigenvalue weighted by Crippen LogP contribution is 2.20. The molecule has 0 saturated heterocycles. The van der Waals surface area contributed by atoms with Gasteiger partial charge in [0.15, 0.2) is 0 Å². The van der Waals surface area contributed by atoms with E-state index in [1.54, 1.807) is 12.1 Å². The van der Waals surface area contributed by atoms with E-state index in [4.69, 9.17) is 0 Å². The SMILES string of the molecule is CNCCN(C(C)C)S(=O)(=O)c1ccccc1C. The van der Waals surface area contributed by atoms with Gasteiger partial charge in [-0.25, -0.2) is 8.42 Å². The Balaban J connectivity index is 3.14. The van der Waals surface area contributed by atoms with Crippen molar-refractivity contribution in [2.75, 3.05) is 20.1 Å². The number of aryl methyl sites for hydroxylation is 1. The van der Waals surface area contributed by atoms with Crippen LogP contribution in [-0.4, -0.2) is 38.9 Å². The highest BCUT2D eigenvalue weighted by atomic mass is 32.2. The first-order valence-corrected chi connectivity index (χ1v) is 7.57. The molecular weight excluding hydrogens is 248 g/mol. The summed E-state index contributed by atoms with van der Waals surface area (Å²) in [5, 5.41) is 2.99. The molecule has 1 rings (SSSR count). The van der Waals surface area contributed by atoms with Gasteiger partial charge in [-0.05, 0) is 39.4 Å². The molecule has 1 aromatic carbocycles. The van der Waals surface area contributed by atoms with Gasteiger partial charge in [0, 0.05) is 19.1 Å². The first-order chi connectivity index (χ1) is 8.41. The number of rotatable bonds is 6. The van der Waals surface area contributed by atoms with Crippen LogP contribution < -0.4 is 5.32 Å². The van der Waals surface area contributed by atoms with Gasteiger partial charge in [-0.3, -0.25) is 0 Å². The van der Waals surface area contributed by atoms with Crippen molar-refractivity contribution >= 4 is 10.0 Å². The lowest BCUT2D eigenvalue weighted by Crippen LogP contribution is -2.41. The molecule has 0 atom stereocenters. The standard InChI is InChI=1S/C13H22N2O2S/c1-11(2)15(10-9-14-4)18(16,17)13-8-6-5-7-12(13)3/h5-8,11,14H,9-10H2,1-4H3. The molecule has 1 N–H and O–H groups in total. The zero-order valence-electron chi connectivity index (χ0n) is 11.5. The highest BCUT2D eigenvalue weighted by molar-refractivity contribution is 7.89. The molecule has 0 aliphatic carbocycles. The fourth-order valence-electron chi connectivity index (χ4n) is 1.85. The van der Waals surface area contributed by atoms with Gasteiger partial charge in [0.25, 0.3) is 0 Å². The third-order valence-electron chi connectivity index (χ3n) is 2.84. The molecule has 0 heterocycles. The second-order valence-electron chi connectivity index (χ2n) is 4.58. The maximum absolute atomic E-state index is 12.6. The summed E-state index contributed by atoms with van der Waals surface area (Å²) < 4.78 is 26.7. The zero-order chi connectivity index (χ0) is 13.8. The second-order valence-corrected chi connectivity index (χ2v) is 6.44. The molecule has 0 aliphatic heterocycles. The Morgan fingerprint density at radius 2 is 1.89 bits per heavy atom. The molecule has 102 valence electrons. The molecule has 1 aromatic rings. The average molecular weight is 270 g/mol. The number of hydrogen-bond donors (Lipinski definition) is 1. The fraction of sp³-hybridized carbons (Fsp3) is 0.538. The average Bonchev–Trinajstić information content (AvgIpc) is 2.29. The van der Waals surface area contributed by atoms with Crippen LogP contribution in [0.15, 0.2) is 29.2 Å². The van der Waals surface area contributed by atoms with Crippen LogP contribution in [0.5, 0.6) is 0 Å². The lowest BCUT2D eigenvalue weighted by Gasteiger charge is -2.26. The van der Waals surface area contributed by atoms with Crippen LogP contribution in [0.4, 0.5) is 0 Å². The molecular formula is C13H22N2O2S. The van der Waals surface area contributed by atoms with Crippen LogP contribution in [0.3, 0.4) is 0 Å². The molecule has 5 heteroatoms. The summed E-state index contributed by atoms with van der Waals surface area (Å²) in [5.74, 6) is 0. The number of benzene rings is 1. The number of nitrogens with one attached hydrogen (secondary N) is 1. The van der Waals surface area contributed by atoms with Crippen molar-refractivity contribution in [2.45, 2.75) is 31.7 Å². The molecule has 0 radical (unpaired) electrons. The molecule has 0 spiro atoms. The predicted octanol–water partition coefficient (Wildman–Crippen LogP) is 1.61. The Morgan fingerprint density at radius 1 is 1.28 bits per heavy atom. The van der Waals surface area contributed by atoms with Gasteiger partial charge in [-0.2, -0.15) is 4.31 Å². The number of hydrogen-bond acceptors (Lipinski definition) is 3. The normalized spacial score (nSPS) is 12.3. The molecule has 0 aromatic heterocycles. The third-order valence-corrected chi connectivity index (χ3v) is 5.07. The minimum atomic E-state index is -3.41. The lowest BCUT2D eigenvalue weighted by atomic mass is 10.2. The second kappa shape index (κ2) is 6.31.